The number of imide groups is 1. The third kappa shape index (κ3) is 4.46. The van der Waals surface area contributed by atoms with Crippen LogP contribution in [0.25, 0.3) is 0 Å². The maximum Gasteiger partial charge on any atom is 0.233 e. The van der Waals surface area contributed by atoms with Gasteiger partial charge in [-0.1, -0.05) is 30.4 Å². The van der Waals surface area contributed by atoms with Crippen LogP contribution >= 0.6 is 24.0 Å². The number of amides is 3. The summed E-state index contributed by atoms with van der Waals surface area (Å²) in [5.74, 6) is 0.887. The highest BCUT2D eigenvalue weighted by atomic mass is 127. The van der Waals surface area contributed by atoms with Gasteiger partial charge in [-0.05, 0) is 42.7 Å². The number of aliphatic imine (C=N–C) groups is 1. The zero-order chi connectivity index (χ0) is 22.9. The average molecular weight is 577 g/mol. The molecule has 5 rings (SSSR count). The summed E-state index contributed by atoms with van der Waals surface area (Å²) in [6.07, 6.45) is 7.24. The van der Waals surface area contributed by atoms with Crippen molar-refractivity contribution in [1.29, 1.82) is 0 Å². The number of benzene rings is 1. The van der Waals surface area contributed by atoms with Crippen LogP contribution in [0.2, 0.25) is 0 Å². The molecule has 0 spiro atoms. The number of nitrogens with zero attached hydrogens (tertiary/aromatic N) is 3. The predicted octanol–water partition coefficient (Wildman–Crippen LogP) is 1.95. The molecule has 4 aliphatic rings. The highest BCUT2D eigenvalue weighted by Crippen LogP contribution is 2.52. The minimum atomic E-state index is -0.148. The van der Waals surface area contributed by atoms with Crippen molar-refractivity contribution in [2.75, 3.05) is 38.1 Å². The maximum atomic E-state index is 12.8. The summed E-state index contributed by atoms with van der Waals surface area (Å²) in [5, 5.41) is 6.40. The summed E-state index contributed by atoms with van der Waals surface area (Å²) >= 11 is 0. The van der Waals surface area contributed by atoms with Crippen molar-refractivity contribution >= 4 is 53.3 Å². The highest BCUT2D eigenvalue weighted by Gasteiger charge is 2.58. The number of guanidine groups is 1. The van der Waals surface area contributed by atoms with Crippen LogP contribution in [0.15, 0.2) is 41.4 Å². The summed E-state index contributed by atoms with van der Waals surface area (Å²) < 4.78 is 0. The van der Waals surface area contributed by atoms with Crippen LogP contribution in [0, 0.1) is 23.7 Å². The maximum absolute atomic E-state index is 12.8. The van der Waals surface area contributed by atoms with Crippen LogP contribution in [-0.4, -0.2) is 61.8 Å². The largest absolute Gasteiger partial charge is 0.356 e. The molecular formula is C25H32IN5O3. The molecule has 9 heteroatoms. The molecule has 2 aliphatic heterocycles. The van der Waals surface area contributed by atoms with Gasteiger partial charge in [0.05, 0.1) is 11.8 Å². The number of fused-ring (bicyclic) bond motifs is 6. The Labute approximate surface area is 217 Å². The van der Waals surface area contributed by atoms with E-state index in [2.05, 4.69) is 33.8 Å². The van der Waals surface area contributed by atoms with E-state index in [0.29, 0.717) is 38.4 Å². The number of para-hydroxylation sites is 1. The fourth-order valence-electron chi connectivity index (χ4n) is 5.87. The molecular weight excluding hydrogens is 545 g/mol. The van der Waals surface area contributed by atoms with Gasteiger partial charge < -0.3 is 15.5 Å². The Bertz CT molecular complexity index is 996. The van der Waals surface area contributed by atoms with Gasteiger partial charge in [-0.3, -0.25) is 24.3 Å². The number of allylic oxidation sites excluding steroid dienone is 2. The number of hydrogen-bond acceptors (Lipinski definition) is 4. The number of hydrogen-bond donors (Lipinski definition) is 2. The summed E-state index contributed by atoms with van der Waals surface area (Å²) in [7, 11) is 1.68. The summed E-state index contributed by atoms with van der Waals surface area (Å²) in [5.41, 5.74) is 2.27. The van der Waals surface area contributed by atoms with E-state index in [9.17, 15) is 14.4 Å². The van der Waals surface area contributed by atoms with E-state index in [-0.39, 0.29) is 65.4 Å². The molecule has 2 N–H and O–H groups in total. The number of carbonyl (C=O) groups excluding carboxylic acids is 3. The van der Waals surface area contributed by atoms with Gasteiger partial charge in [0.1, 0.15) is 0 Å². The number of nitrogens with one attached hydrogen (secondary N) is 2. The van der Waals surface area contributed by atoms with E-state index < -0.39 is 0 Å². The molecule has 2 aliphatic carbocycles. The predicted molar refractivity (Wildman–Crippen MR) is 141 cm³/mol. The third-order valence-corrected chi connectivity index (χ3v) is 7.46. The summed E-state index contributed by atoms with van der Waals surface area (Å²) in [6, 6.07) is 8.07. The molecule has 3 amide bonds. The molecule has 4 atom stereocenters. The first kappa shape index (κ1) is 24.7. The zero-order valence-electron chi connectivity index (χ0n) is 19.4. The topological polar surface area (TPSA) is 94.1 Å². The molecule has 2 fully saturated rings. The lowest BCUT2D eigenvalue weighted by Gasteiger charge is -2.19. The van der Waals surface area contributed by atoms with Gasteiger partial charge in [-0.2, -0.15) is 0 Å². The fourth-order valence-corrected chi connectivity index (χ4v) is 5.87. The number of rotatable bonds is 7. The van der Waals surface area contributed by atoms with Crippen LogP contribution in [-0.2, 0) is 20.8 Å². The molecule has 0 radical (unpaired) electrons. The second-order valence-electron chi connectivity index (χ2n) is 9.28. The van der Waals surface area contributed by atoms with Gasteiger partial charge in [-0.15, -0.1) is 24.0 Å². The van der Waals surface area contributed by atoms with E-state index >= 15 is 0 Å². The molecule has 1 saturated heterocycles. The van der Waals surface area contributed by atoms with Crippen molar-refractivity contribution in [3.63, 3.8) is 0 Å². The monoisotopic (exact) mass is 577 g/mol. The molecule has 1 aromatic carbocycles. The standard InChI is InChI=1S/C25H31N5O3.HI/c1-26-25(27-11-4-7-20(31)29-13-10-16-5-2-3-6-19(16)29)28-12-14-30-23(32)21-17-8-9-18(15-17)22(21)24(30)33;/h2-3,5-6,8-9,17-18,21-22H,4,7,10-15H2,1H3,(H2,26,27,28);1H. The van der Waals surface area contributed by atoms with Crippen molar-refractivity contribution in [2.45, 2.75) is 25.7 Å². The number of halogens is 1. The lowest BCUT2D eigenvalue weighted by molar-refractivity contribution is -0.140. The molecule has 34 heavy (non-hydrogen) atoms. The third-order valence-electron chi connectivity index (χ3n) is 7.46. The van der Waals surface area contributed by atoms with Gasteiger partial charge in [0.25, 0.3) is 0 Å². The lowest BCUT2D eigenvalue weighted by Crippen LogP contribution is -2.44. The first-order valence-corrected chi connectivity index (χ1v) is 11.9. The van der Waals surface area contributed by atoms with Crippen molar-refractivity contribution in [1.82, 2.24) is 15.5 Å². The van der Waals surface area contributed by atoms with Crippen LogP contribution in [0.3, 0.4) is 0 Å². The Balaban J connectivity index is 0.00000274. The summed E-state index contributed by atoms with van der Waals surface area (Å²) in [6.45, 7) is 2.16. The lowest BCUT2D eigenvalue weighted by atomic mass is 9.85. The van der Waals surface area contributed by atoms with Crippen molar-refractivity contribution in [3.05, 3.63) is 42.0 Å². The molecule has 0 aromatic heterocycles. The van der Waals surface area contributed by atoms with Crippen molar-refractivity contribution in [3.8, 4) is 0 Å². The Morgan fingerprint density at radius 2 is 1.74 bits per heavy atom. The fraction of sp³-hybridized carbons (Fsp3) is 0.520. The molecule has 8 nitrogen and oxygen atoms in total. The Morgan fingerprint density at radius 3 is 2.44 bits per heavy atom. The van der Waals surface area contributed by atoms with Gasteiger partial charge in [0.2, 0.25) is 17.7 Å². The minimum Gasteiger partial charge on any atom is -0.356 e. The van der Waals surface area contributed by atoms with E-state index in [1.807, 2.05) is 23.1 Å². The van der Waals surface area contributed by atoms with Crippen LogP contribution in [0.1, 0.15) is 24.8 Å². The Hall–Kier alpha value is -2.43. The van der Waals surface area contributed by atoms with Gasteiger partial charge in [0, 0.05) is 45.3 Å². The second kappa shape index (κ2) is 10.5. The number of carbonyl (C=O) groups is 3. The Morgan fingerprint density at radius 1 is 1.06 bits per heavy atom. The molecule has 1 aromatic rings. The first-order valence-electron chi connectivity index (χ1n) is 11.9. The van der Waals surface area contributed by atoms with Crippen molar-refractivity contribution in [2.24, 2.45) is 28.7 Å². The normalized spacial score (nSPS) is 26.6. The molecule has 2 heterocycles. The van der Waals surface area contributed by atoms with Crippen LogP contribution in [0.5, 0.6) is 0 Å². The number of likely N-dealkylation sites (tertiary alicyclic amines) is 1. The van der Waals surface area contributed by atoms with Gasteiger partial charge in [0.15, 0.2) is 5.96 Å². The smallest absolute Gasteiger partial charge is 0.233 e. The zero-order valence-corrected chi connectivity index (χ0v) is 21.7. The highest BCUT2D eigenvalue weighted by molar-refractivity contribution is 14.0. The minimum absolute atomic E-state index is 0. The Kier molecular flexibility index (Phi) is 7.59. The quantitative estimate of drug-likeness (QED) is 0.129. The van der Waals surface area contributed by atoms with Gasteiger partial charge in [-0.25, -0.2) is 0 Å². The van der Waals surface area contributed by atoms with Crippen molar-refractivity contribution < 1.29 is 14.4 Å². The SMILES string of the molecule is CN=C(NCCCC(=O)N1CCc2ccccc21)NCCN1C(=O)C2C3C=CC(C3)C2C1=O.I. The second-order valence-corrected chi connectivity index (χ2v) is 9.28. The molecule has 1 saturated carbocycles. The van der Waals surface area contributed by atoms with E-state index in [1.165, 1.54) is 10.5 Å². The van der Waals surface area contributed by atoms with Crippen LogP contribution in [0.4, 0.5) is 5.69 Å². The average Bonchev–Trinajstić information content (AvgIpc) is 3.60. The summed E-state index contributed by atoms with van der Waals surface area (Å²) in [4.78, 5) is 45.6. The molecule has 4 unspecified atom stereocenters. The molecule has 182 valence electrons. The van der Waals surface area contributed by atoms with E-state index in [1.54, 1.807) is 7.05 Å². The van der Waals surface area contributed by atoms with E-state index in [4.69, 9.17) is 0 Å². The van der Waals surface area contributed by atoms with E-state index in [0.717, 1.165) is 25.1 Å². The first-order chi connectivity index (χ1) is 16.1. The number of anilines is 1. The molecule has 2 bridgehead atoms. The van der Waals surface area contributed by atoms with Gasteiger partial charge >= 0.3 is 0 Å². The van der Waals surface area contributed by atoms with Crippen LogP contribution < -0.4 is 15.5 Å².